The molecule has 1 aromatic heterocycles. The summed E-state index contributed by atoms with van der Waals surface area (Å²) in [6.07, 6.45) is 3.31. The molecule has 0 saturated heterocycles. The van der Waals surface area contributed by atoms with Crippen LogP contribution in [0.2, 0.25) is 0 Å². The van der Waals surface area contributed by atoms with Crippen LogP contribution in [-0.4, -0.2) is 8.42 Å². The molecule has 1 heterocycles. The highest BCUT2D eigenvalue weighted by molar-refractivity contribution is 7.94. The highest BCUT2D eigenvalue weighted by Crippen LogP contribution is 2.27. The zero-order valence-corrected chi connectivity index (χ0v) is 12.3. The molecule has 0 radical (unpaired) electrons. The largest absolute Gasteiger partial charge is 0.279 e. The van der Waals surface area contributed by atoms with Gasteiger partial charge in [-0.25, -0.2) is 8.42 Å². The lowest BCUT2D eigenvalue weighted by molar-refractivity contribution is 0.603. The van der Waals surface area contributed by atoms with Gasteiger partial charge in [0.2, 0.25) is 0 Å². The number of aryl methyl sites for hydroxylation is 3. The van der Waals surface area contributed by atoms with Crippen LogP contribution in [0.5, 0.6) is 0 Å². The summed E-state index contributed by atoms with van der Waals surface area (Å²) in [4.78, 5) is 0.995. The second kappa shape index (κ2) is 4.65. The molecule has 19 heavy (non-hydrogen) atoms. The van der Waals surface area contributed by atoms with Gasteiger partial charge in [0.15, 0.2) is 0 Å². The van der Waals surface area contributed by atoms with Crippen LogP contribution in [0.25, 0.3) is 0 Å². The SMILES string of the molecule is Cc1ccc(S(=O)(=O)Nc2ccc3c(c2)CCC3)s1. The monoisotopic (exact) mass is 293 g/mol. The minimum Gasteiger partial charge on any atom is -0.279 e. The Labute approximate surface area is 117 Å². The Morgan fingerprint density at radius 1 is 1.11 bits per heavy atom. The minimum absolute atomic E-state index is 0.366. The van der Waals surface area contributed by atoms with Gasteiger partial charge in [0, 0.05) is 10.6 Å². The predicted octanol–water partition coefficient (Wildman–Crippen LogP) is 3.35. The third-order valence-corrected chi connectivity index (χ3v) is 6.21. The molecule has 0 aliphatic heterocycles. The van der Waals surface area contributed by atoms with Crippen LogP contribution in [-0.2, 0) is 22.9 Å². The molecule has 2 aromatic rings. The molecule has 0 atom stereocenters. The van der Waals surface area contributed by atoms with Gasteiger partial charge in [-0.3, -0.25) is 4.72 Å². The fourth-order valence-corrected chi connectivity index (χ4v) is 4.73. The van der Waals surface area contributed by atoms with Gasteiger partial charge in [-0.2, -0.15) is 0 Å². The molecule has 3 rings (SSSR count). The van der Waals surface area contributed by atoms with E-state index >= 15 is 0 Å². The van der Waals surface area contributed by atoms with Gasteiger partial charge in [-0.1, -0.05) is 6.07 Å². The quantitative estimate of drug-likeness (QED) is 0.943. The summed E-state index contributed by atoms with van der Waals surface area (Å²) in [5, 5.41) is 0. The highest BCUT2D eigenvalue weighted by atomic mass is 32.2. The van der Waals surface area contributed by atoms with Crippen LogP contribution in [0.1, 0.15) is 22.4 Å². The number of thiophene rings is 1. The molecular weight excluding hydrogens is 278 g/mol. The van der Waals surface area contributed by atoms with Gasteiger partial charge < -0.3 is 0 Å². The summed E-state index contributed by atoms with van der Waals surface area (Å²) in [5.74, 6) is 0. The molecular formula is C14H15NO2S2. The Hall–Kier alpha value is -1.33. The first kappa shape index (κ1) is 12.7. The Morgan fingerprint density at radius 2 is 1.89 bits per heavy atom. The predicted molar refractivity (Wildman–Crippen MR) is 78.3 cm³/mol. The van der Waals surface area contributed by atoms with Crippen molar-refractivity contribution in [2.24, 2.45) is 0 Å². The van der Waals surface area contributed by atoms with E-state index in [-0.39, 0.29) is 0 Å². The van der Waals surface area contributed by atoms with E-state index in [0.717, 1.165) is 24.1 Å². The van der Waals surface area contributed by atoms with E-state index in [9.17, 15) is 8.42 Å². The first-order chi connectivity index (χ1) is 9.04. The minimum atomic E-state index is -3.44. The van der Waals surface area contributed by atoms with E-state index < -0.39 is 10.0 Å². The molecule has 0 bridgehead atoms. The summed E-state index contributed by atoms with van der Waals surface area (Å²) in [6, 6.07) is 9.31. The van der Waals surface area contributed by atoms with Crippen LogP contribution in [0.4, 0.5) is 5.69 Å². The molecule has 1 aliphatic rings. The number of sulfonamides is 1. The van der Waals surface area contributed by atoms with Crippen LogP contribution < -0.4 is 4.72 Å². The van der Waals surface area contributed by atoms with Crippen LogP contribution in [0, 0.1) is 6.92 Å². The number of nitrogens with one attached hydrogen (secondary N) is 1. The number of hydrogen-bond acceptors (Lipinski definition) is 3. The Kier molecular flexibility index (Phi) is 3.11. The average Bonchev–Trinajstić information content (AvgIpc) is 2.96. The normalized spacial score (nSPS) is 14.4. The van der Waals surface area contributed by atoms with Gasteiger partial charge in [-0.15, -0.1) is 11.3 Å². The van der Waals surface area contributed by atoms with E-state index in [0.29, 0.717) is 9.90 Å². The molecule has 1 N–H and O–H groups in total. The van der Waals surface area contributed by atoms with Crippen molar-refractivity contribution < 1.29 is 8.42 Å². The second-order valence-corrected chi connectivity index (χ2v) is 8.00. The third kappa shape index (κ3) is 2.53. The number of hydrogen-bond donors (Lipinski definition) is 1. The number of benzene rings is 1. The topological polar surface area (TPSA) is 46.2 Å². The molecule has 1 aliphatic carbocycles. The lowest BCUT2D eigenvalue weighted by Crippen LogP contribution is -2.11. The standard InChI is InChI=1S/C14H15NO2S2/c1-10-5-8-14(18-10)19(16,17)15-13-7-6-11-3-2-4-12(11)9-13/h5-9,15H,2-4H2,1H3. The summed E-state index contributed by atoms with van der Waals surface area (Å²) in [7, 11) is -3.44. The van der Waals surface area contributed by atoms with E-state index in [2.05, 4.69) is 4.72 Å². The number of rotatable bonds is 3. The lowest BCUT2D eigenvalue weighted by atomic mass is 10.1. The van der Waals surface area contributed by atoms with Crippen molar-refractivity contribution in [3.05, 3.63) is 46.3 Å². The maximum absolute atomic E-state index is 12.2. The molecule has 1 aromatic carbocycles. The van der Waals surface area contributed by atoms with Crippen molar-refractivity contribution in [1.29, 1.82) is 0 Å². The highest BCUT2D eigenvalue weighted by Gasteiger charge is 2.17. The first-order valence-electron chi connectivity index (χ1n) is 6.26. The molecule has 0 unspecified atom stereocenters. The lowest BCUT2D eigenvalue weighted by Gasteiger charge is -2.08. The maximum Gasteiger partial charge on any atom is 0.271 e. The van der Waals surface area contributed by atoms with E-state index in [1.165, 1.54) is 22.5 Å². The van der Waals surface area contributed by atoms with Crippen molar-refractivity contribution in [3.8, 4) is 0 Å². The van der Waals surface area contributed by atoms with Gasteiger partial charge in [0.1, 0.15) is 4.21 Å². The summed E-state index contributed by atoms with van der Waals surface area (Å²) < 4.78 is 27.5. The Balaban J connectivity index is 1.89. The average molecular weight is 293 g/mol. The maximum atomic E-state index is 12.2. The van der Waals surface area contributed by atoms with Gasteiger partial charge in [0.25, 0.3) is 10.0 Å². The van der Waals surface area contributed by atoms with Crippen molar-refractivity contribution in [3.63, 3.8) is 0 Å². The van der Waals surface area contributed by atoms with Gasteiger partial charge >= 0.3 is 0 Å². The van der Waals surface area contributed by atoms with Gasteiger partial charge in [0.05, 0.1) is 0 Å². The smallest absolute Gasteiger partial charge is 0.271 e. The zero-order chi connectivity index (χ0) is 13.5. The molecule has 5 heteroatoms. The first-order valence-corrected chi connectivity index (χ1v) is 8.56. The number of anilines is 1. The molecule has 0 fully saturated rings. The van der Waals surface area contributed by atoms with Gasteiger partial charge in [-0.05, 0) is 61.6 Å². The molecule has 0 amide bonds. The van der Waals surface area contributed by atoms with Crippen LogP contribution >= 0.6 is 11.3 Å². The number of fused-ring (bicyclic) bond motifs is 1. The third-order valence-electron chi connectivity index (χ3n) is 3.33. The fourth-order valence-electron chi connectivity index (χ4n) is 2.40. The van der Waals surface area contributed by atoms with Crippen molar-refractivity contribution in [2.75, 3.05) is 4.72 Å². The zero-order valence-electron chi connectivity index (χ0n) is 10.6. The van der Waals surface area contributed by atoms with Crippen molar-refractivity contribution in [2.45, 2.75) is 30.4 Å². The van der Waals surface area contributed by atoms with Crippen molar-refractivity contribution in [1.82, 2.24) is 0 Å². The molecule has 0 spiro atoms. The van der Waals surface area contributed by atoms with E-state index in [1.54, 1.807) is 6.07 Å². The van der Waals surface area contributed by atoms with E-state index in [1.807, 2.05) is 31.2 Å². The summed E-state index contributed by atoms with van der Waals surface area (Å²) >= 11 is 1.29. The van der Waals surface area contributed by atoms with Crippen LogP contribution in [0.15, 0.2) is 34.5 Å². The van der Waals surface area contributed by atoms with Crippen LogP contribution in [0.3, 0.4) is 0 Å². The molecule has 100 valence electrons. The van der Waals surface area contributed by atoms with E-state index in [4.69, 9.17) is 0 Å². The summed E-state index contributed by atoms with van der Waals surface area (Å²) in [5.41, 5.74) is 3.27. The second-order valence-electron chi connectivity index (χ2n) is 4.81. The fraction of sp³-hybridized carbons (Fsp3) is 0.286. The molecule has 3 nitrogen and oxygen atoms in total. The Bertz CT molecular complexity index is 717. The Morgan fingerprint density at radius 3 is 2.63 bits per heavy atom. The molecule has 0 saturated carbocycles. The van der Waals surface area contributed by atoms with Crippen molar-refractivity contribution >= 4 is 27.0 Å². The summed E-state index contributed by atoms with van der Waals surface area (Å²) in [6.45, 7) is 1.90.